The van der Waals surface area contributed by atoms with Gasteiger partial charge >= 0.3 is 12.4 Å². The third-order valence-corrected chi connectivity index (χ3v) is 6.53. The van der Waals surface area contributed by atoms with Crippen LogP contribution in [-0.2, 0) is 4.74 Å². The molecule has 40 heavy (non-hydrogen) atoms. The summed E-state index contributed by atoms with van der Waals surface area (Å²) in [5.41, 5.74) is 0.166. The fraction of sp³-hybridized carbons (Fsp3) is 0.444. The van der Waals surface area contributed by atoms with E-state index in [2.05, 4.69) is 10.3 Å². The predicted octanol–water partition coefficient (Wildman–Crippen LogP) is 5.19. The summed E-state index contributed by atoms with van der Waals surface area (Å²) in [4.78, 5) is 33.4. The number of piperazine rings is 1. The Morgan fingerprint density at radius 1 is 1.10 bits per heavy atom. The van der Waals surface area contributed by atoms with Gasteiger partial charge in [-0.3, -0.25) is 9.69 Å². The van der Waals surface area contributed by atoms with Crippen molar-refractivity contribution in [1.29, 1.82) is 0 Å². The molecule has 2 aliphatic rings. The number of anilines is 2. The van der Waals surface area contributed by atoms with Gasteiger partial charge < -0.3 is 28.8 Å². The van der Waals surface area contributed by atoms with Gasteiger partial charge in [0.2, 0.25) is 0 Å². The number of pyridine rings is 1. The zero-order chi connectivity index (χ0) is 29.1. The van der Waals surface area contributed by atoms with Gasteiger partial charge in [-0.1, -0.05) is 0 Å². The molecule has 5 rings (SSSR count). The van der Waals surface area contributed by atoms with Crippen LogP contribution in [0.2, 0.25) is 0 Å². The van der Waals surface area contributed by atoms with Gasteiger partial charge in [0.05, 0.1) is 34.7 Å². The van der Waals surface area contributed by atoms with Gasteiger partial charge in [-0.25, -0.2) is 14.2 Å². The lowest BCUT2D eigenvalue weighted by Crippen LogP contribution is -2.59. The average Bonchev–Trinajstić information content (AvgIpc) is 3.34. The molecule has 1 aromatic carbocycles. The van der Waals surface area contributed by atoms with Crippen molar-refractivity contribution in [2.75, 3.05) is 23.3 Å². The molecule has 0 unspecified atom stereocenters. The molecule has 214 valence electrons. The molecule has 13 heteroatoms. The van der Waals surface area contributed by atoms with Crippen LogP contribution in [0.1, 0.15) is 50.7 Å². The van der Waals surface area contributed by atoms with Gasteiger partial charge in [0, 0.05) is 31.5 Å². The van der Waals surface area contributed by atoms with Crippen LogP contribution in [-0.4, -0.2) is 63.4 Å². The highest BCUT2D eigenvalue weighted by Crippen LogP contribution is 2.50. The Kier molecular flexibility index (Phi) is 6.50. The maximum Gasteiger partial charge on any atom is 0.586 e. The number of nitrogens with zero attached hydrogens (tertiary/aromatic N) is 4. The summed E-state index contributed by atoms with van der Waals surface area (Å²) in [5.74, 6) is -2.19. The van der Waals surface area contributed by atoms with Crippen molar-refractivity contribution in [1.82, 2.24) is 14.3 Å². The second-order valence-electron chi connectivity index (χ2n) is 11.1. The summed E-state index contributed by atoms with van der Waals surface area (Å²) in [6, 6.07) is 3.28. The molecule has 2 aliphatic heterocycles. The largest absolute Gasteiger partial charge is 0.586 e. The molecule has 2 aromatic heterocycles. The van der Waals surface area contributed by atoms with E-state index in [4.69, 9.17) is 14.2 Å². The third kappa shape index (κ3) is 5.19. The fourth-order valence-corrected chi connectivity index (χ4v) is 5.08. The number of ether oxygens (including phenoxy) is 3. The second-order valence-corrected chi connectivity index (χ2v) is 11.1. The Bertz CT molecular complexity index is 1490. The molecule has 2 amide bonds. The smallest absolute Gasteiger partial charge is 0.444 e. The number of rotatable bonds is 3. The van der Waals surface area contributed by atoms with Gasteiger partial charge in [0.1, 0.15) is 5.60 Å². The monoisotopic (exact) mass is 561 g/mol. The summed E-state index contributed by atoms with van der Waals surface area (Å²) in [7, 11) is 0. The van der Waals surface area contributed by atoms with Crippen LogP contribution < -0.4 is 19.7 Å². The zero-order valence-corrected chi connectivity index (χ0v) is 22.9. The number of carbonyl (C=O) groups excluding carboxylic acids is 2. The number of amides is 2. The highest BCUT2D eigenvalue weighted by Gasteiger charge is 2.48. The van der Waals surface area contributed by atoms with Crippen LogP contribution in [0.3, 0.4) is 0 Å². The number of hydrogen-bond donors (Lipinski definition) is 1. The van der Waals surface area contributed by atoms with E-state index in [1.807, 2.05) is 13.8 Å². The minimum absolute atomic E-state index is 0.0901. The van der Waals surface area contributed by atoms with Gasteiger partial charge in [0.25, 0.3) is 5.91 Å². The summed E-state index contributed by atoms with van der Waals surface area (Å²) in [6.45, 7) is 11.3. The molecular weight excluding hydrogens is 531 g/mol. The van der Waals surface area contributed by atoms with E-state index in [-0.39, 0.29) is 40.4 Å². The number of aryl methyl sites for hydroxylation is 1. The van der Waals surface area contributed by atoms with Gasteiger partial charge in [0.15, 0.2) is 23.0 Å². The number of aromatic nitrogens is 2. The van der Waals surface area contributed by atoms with Crippen LogP contribution in [0.15, 0.2) is 30.6 Å². The van der Waals surface area contributed by atoms with Crippen molar-refractivity contribution in [3.8, 4) is 11.5 Å². The lowest BCUT2D eigenvalue weighted by atomic mass is 10.1. The average molecular weight is 562 g/mol. The maximum absolute atomic E-state index is 14.5. The number of imidazole rings is 1. The van der Waals surface area contributed by atoms with Crippen molar-refractivity contribution in [3.63, 3.8) is 0 Å². The first kappa shape index (κ1) is 27.4. The molecule has 0 spiro atoms. The first-order valence-electron chi connectivity index (χ1n) is 12.8. The third-order valence-electron chi connectivity index (χ3n) is 6.53. The van der Waals surface area contributed by atoms with Crippen LogP contribution in [0.5, 0.6) is 11.5 Å². The standard InChI is InChI=1S/C27H30F3N5O5/c1-14-10-34-13-17(9-19(28)23(34)31-14)32-24(36)18-7-8-20(22-21(18)38-27(29,30)39-22)33-11-15(2)35(16(3)12-33)25(37)40-26(4,5)6/h7-10,13,15-16H,11-12H2,1-6H3,(H,32,36)/t15-,16+. The molecule has 1 fully saturated rings. The number of halogens is 3. The number of nitrogens with one attached hydrogen (secondary N) is 1. The Labute approximate surface area is 228 Å². The fourth-order valence-electron chi connectivity index (χ4n) is 5.08. The Morgan fingerprint density at radius 2 is 1.75 bits per heavy atom. The first-order chi connectivity index (χ1) is 18.6. The van der Waals surface area contributed by atoms with Gasteiger partial charge in [-0.15, -0.1) is 8.78 Å². The molecular formula is C27H30F3N5O5. The number of hydrogen-bond acceptors (Lipinski definition) is 7. The van der Waals surface area contributed by atoms with E-state index in [0.29, 0.717) is 18.8 Å². The predicted molar refractivity (Wildman–Crippen MR) is 140 cm³/mol. The number of alkyl halides is 2. The van der Waals surface area contributed by atoms with E-state index in [1.165, 1.54) is 22.7 Å². The molecule has 4 heterocycles. The maximum atomic E-state index is 14.5. The number of fused-ring (bicyclic) bond motifs is 2. The topological polar surface area (TPSA) is 97.6 Å². The van der Waals surface area contributed by atoms with Crippen molar-refractivity contribution < 1.29 is 37.0 Å². The van der Waals surface area contributed by atoms with Gasteiger partial charge in [-0.2, -0.15) is 0 Å². The van der Waals surface area contributed by atoms with Gasteiger partial charge in [-0.05, 0) is 53.7 Å². The number of carbonyl (C=O) groups is 2. The normalized spacial score (nSPS) is 20.1. The quantitative estimate of drug-likeness (QED) is 0.470. The minimum atomic E-state index is -4.00. The minimum Gasteiger partial charge on any atom is -0.444 e. The zero-order valence-electron chi connectivity index (χ0n) is 22.9. The summed E-state index contributed by atoms with van der Waals surface area (Å²) >= 11 is 0. The van der Waals surface area contributed by atoms with Crippen molar-refractivity contribution >= 4 is 29.0 Å². The Balaban J connectivity index is 1.42. The van der Waals surface area contributed by atoms with E-state index < -0.39 is 35.5 Å². The summed E-state index contributed by atoms with van der Waals surface area (Å²) in [5, 5.41) is 2.53. The second kappa shape index (κ2) is 9.49. The lowest BCUT2D eigenvalue weighted by Gasteiger charge is -2.45. The Hall–Kier alpha value is -4.16. The molecule has 2 atom stereocenters. The van der Waals surface area contributed by atoms with E-state index in [1.54, 1.807) is 43.7 Å². The summed E-state index contributed by atoms with van der Waals surface area (Å²) < 4.78 is 59.7. The van der Waals surface area contributed by atoms with Crippen LogP contribution >= 0.6 is 0 Å². The molecule has 0 radical (unpaired) electrons. The van der Waals surface area contributed by atoms with Crippen molar-refractivity contribution in [2.24, 2.45) is 0 Å². The first-order valence-corrected chi connectivity index (χ1v) is 12.8. The molecule has 0 aliphatic carbocycles. The Morgan fingerprint density at radius 3 is 2.40 bits per heavy atom. The lowest BCUT2D eigenvalue weighted by molar-refractivity contribution is -0.286. The molecule has 0 bridgehead atoms. The summed E-state index contributed by atoms with van der Waals surface area (Å²) in [6.07, 6.45) is -1.41. The highest BCUT2D eigenvalue weighted by molar-refractivity contribution is 6.07. The van der Waals surface area contributed by atoms with Crippen LogP contribution in [0.4, 0.5) is 29.3 Å². The van der Waals surface area contributed by atoms with E-state index >= 15 is 0 Å². The van der Waals surface area contributed by atoms with E-state index in [9.17, 15) is 22.8 Å². The molecule has 10 nitrogen and oxygen atoms in total. The number of benzene rings is 1. The van der Waals surface area contributed by atoms with Crippen LogP contribution in [0.25, 0.3) is 5.65 Å². The molecule has 0 saturated carbocycles. The van der Waals surface area contributed by atoms with Crippen molar-refractivity contribution in [3.05, 3.63) is 47.7 Å². The molecule has 1 N–H and O–H groups in total. The highest BCUT2D eigenvalue weighted by atomic mass is 19.3. The molecule has 1 saturated heterocycles. The SMILES string of the molecule is Cc1cn2cc(NC(=O)c3ccc(N4C[C@@H](C)N(C(=O)OC(C)(C)C)[C@@H](C)C4)c4c3OC(F)(F)O4)cc(F)c2n1. The van der Waals surface area contributed by atoms with Crippen LogP contribution in [0, 0.1) is 12.7 Å². The molecule has 3 aromatic rings. The van der Waals surface area contributed by atoms with E-state index in [0.717, 1.165) is 6.07 Å². The van der Waals surface area contributed by atoms with Crippen molar-refractivity contribution in [2.45, 2.75) is 65.5 Å².